The summed E-state index contributed by atoms with van der Waals surface area (Å²) in [4.78, 5) is 11.5. The number of carbonyl (C=O) groups excluding carboxylic acids is 1. The molecular formula is C13H13ClN2O. The molecule has 2 rings (SSSR count). The number of hydrogen-bond donors (Lipinski definition) is 1. The van der Waals surface area contributed by atoms with E-state index < -0.39 is 0 Å². The Morgan fingerprint density at radius 2 is 2.06 bits per heavy atom. The molecule has 4 heteroatoms. The predicted octanol–water partition coefficient (Wildman–Crippen LogP) is 2.76. The number of carbonyl (C=O) groups is 1. The number of amides is 1. The molecule has 1 aliphatic rings. The zero-order valence-electron chi connectivity index (χ0n) is 9.32. The first-order chi connectivity index (χ1) is 8.15. The minimum atomic E-state index is -0.0392. The summed E-state index contributed by atoms with van der Waals surface area (Å²) in [6.07, 6.45) is 3.16. The largest absolute Gasteiger partial charge is 0.273 e. The van der Waals surface area contributed by atoms with Crippen LogP contribution in [-0.4, -0.2) is 12.1 Å². The van der Waals surface area contributed by atoms with Crippen molar-refractivity contribution in [2.24, 2.45) is 11.0 Å². The van der Waals surface area contributed by atoms with E-state index in [1.165, 1.54) is 0 Å². The molecule has 0 aliphatic heterocycles. The molecule has 1 aromatic rings. The molecule has 1 aromatic carbocycles. The van der Waals surface area contributed by atoms with E-state index in [4.69, 9.17) is 11.6 Å². The topological polar surface area (TPSA) is 41.5 Å². The zero-order valence-corrected chi connectivity index (χ0v) is 10.1. The molecule has 0 bridgehead atoms. The maximum Gasteiger partial charge on any atom is 0.243 e. The highest BCUT2D eigenvalue weighted by atomic mass is 35.5. The molecule has 0 saturated heterocycles. The Bertz CT molecular complexity index is 457. The molecule has 1 amide bonds. The fourth-order valence-electron chi connectivity index (χ4n) is 1.63. The third-order valence-electron chi connectivity index (χ3n) is 2.70. The number of rotatable bonds is 3. The second-order valence-corrected chi connectivity index (χ2v) is 4.58. The molecule has 0 aromatic heterocycles. The lowest BCUT2D eigenvalue weighted by atomic mass is 9.81. The molecule has 0 heterocycles. The molecule has 1 fully saturated rings. The van der Waals surface area contributed by atoms with Gasteiger partial charge in [-0.2, -0.15) is 5.10 Å². The number of nitrogens with one attached hydrogen (secondary N) is 1. The van der Waals surface area contributed by atoms with Crippen LogP contribution in [0.5, 0.6) is 0 Å². The van der Waals surface area contributed by atoms with Gasteiger partial charge in [0.2, 0.25) is 5.91 Å². The molecule has 88 valence electrons. The number of halogens is 1. The van der Waals surface area contributed by atoms with Crippen molar-refractivity contribution in [2.45, 2.75) is 12.8 Å². The number of nitrogens with zero attached hydrogens (tertiary/aromatic N) is 1. The molecular weight excluding hydrogens is 236 g/mol. The summed E-state index contributed by atoms with van der Waals surface area (Å²) < 4.78 is 0. The predicted molar refractivity (Wildman–Crippen MR) is 69.1 cm³/mol. The number of hydrazone groups is 1. The SMILES string of the molecule is C=C1CC(C(=O)NN=Cc2ccc(Cl)cc2)C1. The molecule has 3 nitrogen and oxygen atoms in total. The molecule has 0 radical (unpaired) electrons. The smallest absolute Gasteiger partial charge is 0.243 e. The van der Waals surface area contributed by atoms with E-state index in [0.29, 0.717) is 5.02 Å². The Morgan fingerprint density at radius 3 is 2.65 bits per heavy atom. The number of hydrogen-bond acceptors (Lipinski definition) is 2. The van der Waals surface area contributed by atoms with Gasteiger partial charge in [0.1, 0.15) is 0 Å². The molecule has 17 heavy (non-hydrogen) atoms. The van der Waals surface area contributed by atoms with Gasteiger partial charge in [-0.05, 0) is 30.5 Å². The summed E-state index contributed by atoms with van der Waals surface area (Å²) in [7, 11) is 0. The second kappa shape index (κ2) is 5.15. The van der Waals surface area contributed by atoms with Gasteiger partial charge in [-0.3, -0.25) is 4.79 Å². The van der Waals surface area contributed by atoms with Crippen LogP contribution in [0.1, 0.15) is 18.4 Å². The summed E-state index contributed by atoms with van der Waals surface area (Å²) in [5, 5.41) is 4.58. The first-order valence-electron chi connectivity index (χ1n) is 5.40. The monoisotopic (exact) mass is 248 g/mol. The Kier molecular flexibility index (Phi) is 3.59. The van der Waals surface area contributed by atoms with Crippen molar-refractivity contribution < 1.29 is 4.79 Å². The van der Waals surface area contributed by atoms with Gasteiger partial charge >= 0.3 is 0 Å². The van der Waals surface area contributed by atoms with Crippen molar-refractivity contribution in [1.29, 1.82) is 0 Å². The van der Waals surface area contributed by atoms with Crippen LogP contribution in [0.15, 0.2) is 41.5 Å². The van der Waals surface area contributed by atoms with Crippen LogP contribution in [0, 0.1) is 5.92 Å². The van der Waals surface area contributed by atoms with Crippen molar-refractivity contribution in [2.75, 3.05) is 0 Å². The van der Waals surface area contributed by atoms with Crippen LogP contribution in [-0.2, 0) is 4.79 Å². The van der Waals surface area contributed by atoms with Crippen molar-refractivity contribution in [3.05, 3.63) is 47.0 Å². The molecule has 1 aliphatic carbocycles. The van der Waals surface area contributed by atoms with E-state index in [2.05, 4.69) is 17.1 Å². The molecule has 1 N–H and O–H groups in total. The van der Waals surface area contributed by atoms with E-state index in [1.54, 1.807) is 18.3 Å². The van der Waals surface area contributed by atoms with E-state index >= 15 is 0 Å². The first-order valence-corrected chi connectivity index (χ1v) is 5.78. The van der Waals surface area contributed by atoms with Crippen molar-refractivity contribution >= 4 is 23.7 Å². The summed E-state index contributed by atoms with van der Waals surface area (Å²) in [6.45, 7) is 3.80. The highest BCUT2D eigenvalue weighted by molar-refractivity contribution is 6.30. The highest BCUT2D eigenvalue weighted by Gasteiger charge is 2.27. The van der Waals surface area contributed by atoms with Gasteiger partial charge in [-0.1, -0.05) is 35.9 Å². The van der Waals surface area contributed by atoms with Gasteiger partial charge in [0.15, 0.2) is 0 Å². The third-order valence-corrected chi connectivity index (χ3v) is 2.95. The Balaban J connectivity index is 1.83. The fraction of sp³-hybridized carbons (Fsp3) is 0.231. The Labute approximate surface area is 105 Å². The van der Waals surface area contributed by atoms with Gasteiger partial charge < -0.3 is 0 Å². The van der Waals surface area contributed by atoms with E-state index in [-0.39, 0.29) is 11.8 Å². The standard InChI is InChI=1S/C13H13ClN2O/c1-9-6-11(7-9)13(17)16-15-8-10-2-4-12(14)5-3-10/h2-5,8,11H,1,6-7H2,(H,16,17). The van der Waals surface area contributed by atoms with Gasteiger partial charge in [-0.25, -0.2) is 5.43 Å². The Morgan fingerprint density at radius 1 is 1.41 bits per heavy atom. The quantitative estimate of drug-likeness (QED) is 0.499. The maximum absolute atomic E-state index is 11.5. The van der Waals surface area contributed by atoms with Crippen molar-refractivity contribution in [3.8, 4) is 0 Å². The van der Waals surface area contributed by atoms with Crippen molar-refractivity contribution in [3.63, 3.8) is 0 Å². The van der Waals surface area contributed by atoms with E-state index in [1.807, 2.05) is 12.1 Å². The summed E-state index contributed by atoms with van der Waals surface area (Å²) >= 11 is 5.76. The van der Waals surface area contributed by atoms with Crippen LogP contribution in [0.4, 0.5) is 0 Å². The number of benzene rings is 1. The summed E-state index contributed by atoms with van der Waals surface area (Å²) in [5.41, 5.74) is 4.55. The molecule has 0 spiro atoms. The fourth-order valence-corrected chi connectivity index (χ4v) is 1.76. The van der Waals surface area contributed by atoms with Gasteiger partial charge in [0.05, 0.1) is 6.21 Å². The normalized spacial score (nSPS) is 15.9. The van der Waals surface area contributed by atoms with Crippen LogP contribution < -0.4 is 5.43 Å². The number of allylic oxidation sites excluding steroid dienone is 1. The van der Waals surface area contributed by atoms with E-state index in [9.17, 15) is 4.79 Å². The summed E-state index contributed by atoms with van der Waals surface area (Å²) in [6, 6.07) is 7.23. The lowest BCUT2D eigenvalue weighted by Crippen LogP contribution is -2.32. The molecule has 0 atom stereocenters. The minimum absolute atomic E-state index is 0.0392. The van der Waals surface area contributed by atoms with Crippen molar-refractivity contribution in [1.82, 2.24) is 5.43 Å². The average molecular weight is 249 g/mol. The van der Waals surface area contributed by atoms with Gasteiger partial charge in [0.25, 0.3) is 0 Å². The lowest BCUT2D eigenvalue weighted by Gasteiger charge is -2.25. The van der Waals surface area contributed by atoms with Crippen LogP contribution in [0.25, 0.3) is 0 Å². The average Bonchev–Trinajstić information content (AvgIpc) is 2.27. The first kappa shape index (κ1) is 11.9. The van der Waals surface area contributed by atoms with E-state index in [0.717, 1.165) is 24.0 Å². The van der Waals surface area contributed by atoms with Gasteiger partial charge in [-0.15, -0.1) is 0 Å². The maximum atomic E-state index is 11.5. The minimum Gasteiger partial charge on any atom is -0.273 e. The third kappa shape index (κ3) is 3.17. The van der Waals surface area contributed by atoms with Gasteiger partial charge in [0, 0.05) is 10.9 Å². The molecule has 0 unspecified atom stereocenters. The highest BCUT2D eigenvalue weighted by Crippen LogP contribution is 2.31. The summed E-state index contributed by atoms with van der Waals surface area (Å²) in [5.74, 6) is 0.00693. The second-order valence-electron chi connectivity index (χ2n) is 4.14. The zero-order chi connectivity index (χ0) is 12.3. The van der Waals surface area contributed by atoms with Crippen LogP contribution >= 0.6 is 11.6 Å². The lowest BCUT2D eigenvalue weighted by molar-refractivity contribution is -0.126. The van der Waals surface area contributed by atoms with Crippen LogP contribution in [0.2, 0.25) is 5.02 Å². The molecule has 1 saturated carbocycles. The van der Waals surface area contributed by atoms with Crippen LogP contribution in [0.3, 0.4) is 0 Å². The Hall–Kier alpha value is -1.61.